The van der Waals surface area contributed by atoms with Crippen molar-refractivity contribution in [1.82, 2.24) is 0 Å². The molecule has 110 valence electrons. The largest absolute Gasteiger partial charge is 0.476 e. The Balaban J connectivity index is 4.59. The van der Waals surface area contributed by atoms with E-state index in [9.17, 15) is 14.0 Å². The van der Waals surface area contributed by atoms with Gasteiger partial charge >= 0.3 is 15.4 Å². The summed E-state index contributed by atoms with van der Waals surface area (Å²) in [5, 5.41) is 8.47. The van der Waals surface area contributed by atoms with Gasteiger partial charge in [-0.3, -0.25) is 4.57 Å². The van der Waals surface area contributed by atoms with Gasteiger partial charge in [0.1, 0.15) is 0 Å². The number of hydrogen-bond donors (Lipinski definition) is 5. The van der Waals surface area contributed by atoms with E-state index in [1.165, 1.54) is 0 Å². The second kappa shape index (κ2) is 8.34. The first-order valence-electron chi connectivity index (χ1n) is 4.82. The lowest BCUT2D eigenvalue weighted by molar-refractivity contribution is 0.00517. The summed E-state index contributed by atoms with van der Waals surface area (Å²) in [5.41, 5.74) is 5.13. The number of ether oxygens (including phenoxy) is 2. The van der Waals surface area contributed by atoms with Crippen molar-refractivity contribution in [3.63, 3.8) is 0 Å². The first-order valence-corrected chi connectivity index (χ1v) is 8.00. The molecule has 0 saturated heterocycles. The molecule has 0 radical (unpaired) electrons. The maximum atomic E-state index is 11.6. The lowest BCUT2D eigenvalue weighted by Crippen LogP contribution is -2.25. The molecule has 0 aliphatic rings. The van der Waals surface area contributed by atoms with Crippen molar-refractivity contribution in [2.45, 2.75) is 5.85 Å². The molecule has 0 aliphatic carbocycles. The van der Waals surface area contributed by atoms with Crippen LogP contribution in [0.5, 0.6) is 0 Å². The maximum Gasteiger partial charge on any atom is 0.476 e. The summed E-state index contributed by atoms with van der Waals surface area (Å²) in [6, 6.07) is 0. The lowest BCUT2D eigenvalue weighted by atomic mass is 10.7. The van der Waals surface area contributed by atoms with Crippen LogP contribution in [-0.4, -0.2) is 58.6 Å². The van der Waals surface area contributed by atoms with Crippen molar-refractivity contribution in [3.05, 3.63) is 0 Å². The summed E-state index contributed by atoms with van der Waals surface area (Å²) in [5.74, 6) is -1.60. The average molecular weight is 309 g/mol. The fraction of sp³-hybridized carbons (Fsp3) is 1.00. The summed E-state index contributed by atoms with van der Waals surface area (Å²) in [7, 11) is -9.88. The minimum Gasteiger partial charge on any atom is -0.394 e. The smallest absolute Gasteiger partial charge is 0.394 e. The molecule has 0 aromatic carbocycles. The van der Waals surface area contributed by atoms with Gasteiger partial charge < -0.3 is 35.0 Å². The van der Waals surface area contributed by atoms with Crippen LogP contribution >= 0.6 is 15.4 Å². The summed E-state index contributed by atoms with van der Waals surface area (Å²) in [4.78, 5) is 26.4. The van der Waals surface area contributed by atoms with Crippen LogP contribution in [0, 0.1) is 0 Å². The van der Waals surface area contributed by atoms with E-state index in [-0.39, 0.29) is 26.4 Å². The highest BCUT2D eigenvalue weighted by molar-refractivity contribution is 7.63. The lowest BCUT2D eigenvalue weighted by Gasteiger charge is -2.22. The van der Waals surface area contributed by atoms with E-state index in [4.69, 9.17) is 30.1 Å². The van der Waals surface area contributed by atoms with Gasteiger partial charge in [0.2, 0.25) is 0 Å². The topological polar surface area (TPSA) is 169 Å². The van der Waals surface area contributed by atoms with Crippen LogP contribution in [0.3, 0.4) is 0 Å². The van der Waals surface area contributed by atoms with E-state index in [0.717, 1.165) is 0 Å². The third-order valence-corrected chi connectivity index (χ3v) is 4.32. The maximum absolute atomic E-state index is 11.6. The Bertz CT molecular complexity index is 318. The monoisotopic (exact) mass is 309 g/mol. The minimum absolute atomic E-state index is 0.0341. The molecule has 0 aliphatic heterocycles. The SMILES string of the molecule is NCCOC(COCCO)P(=O)(O)OP(=O)(O)O. The van der Waals surface area contributed by atoms with Crippen LogP contribution in [-0.2, 0) is 22.9 Å². The van der Waals surface area contributed by atoms with Crippen molar-refractivity contribution >= 4 is 15.4 Å². The zero-order chi connectivity index (χ0) is 14.2. The van der Waals surface area contributed by atoms with Crippen LogP contribution in [0.25, 0.3) is 0 Å². The Morgan fingerprint density at radius 2 is 1.78 bits per heavy atom. The van der Waals surface area contributed by atoms with Gasteiger partial charge in [-0.2, -0.15) is 0 Å². The van der Waals surface area contributed by atoms with Crippen LogP contribution in [0.4, 0.5) is 0 Å². The molecule has 6 N–H and O–H groups in total. The molecule has 0 rings (SSSR count). The first kappa shape index (κ1) is 18.1. The number of rotatable bonds is 10. The van der Waals surface area contributed by atoms with Crippen LogP contribution in [0.15, 0.2) is 0 Å². The van der Waals surface area contributed by atoms with Gasteiger partial charge in [0.15, 0.2) is 5.85 Å². The Labute approximate surface area is 103 Å². The van der Waals surface area contributed by atoms with Gasteiger partial charge in [-0.25, -0.2) is 8.88 Å². The van der Waals surface area contributed by atoms with E-state index < -0.39 is 27.9 Å². The van der Waals surface area contributed by atoms with Crippen molar-refractivity contribution in [1.29, 1.82) is 0 Å². The predicted molar refractivity (Wildman–Crippen MR) is 59.7 cm³/mol. The molecule has 12 heteroatoms. The molecule has 18 heavy (non-hydrogen) atoms. The molecule has 0 aromatic heterocycles. The number of aliphatic hydroxyl groups is 1. The number of aliphatic hydroxyl groups excluding tert-OH is 1. The Kier molecular flexibility index (Phi) is 8.40. The van der Waals surface area contributed by atoms with Crippen molar-refractivity contribution in [2.75, 3.05) is 33.0 Å². The van der Waals surface area contributed by atoms with Crippen molar-refractivity contribution in [2.24, 2.45) is 5.73 Å². The quantitative estimate of drug-likeness (QED) is 0.239. The highest BCUT2D eigenvalue weighted by Crippen LogP contribution is 2.60. The summed E-state index contributed by atoms with van der Waals surface area (Å²) >= 11 is 0. The summed E-state index contributed by atoms with van der Waals surface area (Å²) in [6.07, 6.45) is 0. The van der Waals surface area contributed by atoms with Crippen molar-refractivity contribution in [3.8, 4) is 0 Å². The average Bonchev–Trinajstić information content (AvgIpc) is 2.19. The molecule has 10 nitrogen and oxygen atoms in total. The zero-order valence-corrected chi connectivity index (χ0v) is 11.2. The van der Waals surface area contributed by atoms with E-state index in [0.29, 0.717) is 0 Å². The number of hydrogen-bond acceptors (Lipinski definition) is 7. The van der Waals surface area contributed by atoms with E-state index in [2.05, 4.69) is 4.31 Å². The van der Waals surface area contributed by atoms with Gasteiger partial charge in [-0.1, -0.05) is 0 Å². The molecule has 0 fully saturated rings. The third-order valence-electron chi connectivity index (χ3n) is 1.51. The zero-order valence-electron chi connectivity index (χ0n) is 9.41. The molecule has 0 spiro atoms. The third kappa shape index (κ3) is 8.28. The molecule has 2 unspecified atom stereocenters. The molecule has 0 bridgehead atoms. The highest BCUT2D eigenvalue weighted by atomic mass is 31.3. The van der Waals surface area contributed by atoms with Crippen molar-refractivity contribution < 1.29 is 42.7 Å². The van der Waals surface area contributed by atoms with Crippen LogP contribution in [0.2, 0.25) is 0 Å². The summed E-state index contributed by atoms with van der Waals surface area (Å²) < 4.78 is 35.5. The molecule has 0 heterocycles. The van der Waals surface area contributed by atoms with Crippen LogP contribution in [0.1, 0.15) is 0 Å². The van der Waals surface area contributed by atoms with Gasteiger partial charge in [-0.15, -0.1) is 0 Å². The molecular weight excluding hydrogens is 292 g/mol. The number of nitrogens with two attached hydrogens (primary N) is 1. The van der Waals surface area contributed by atoms with Gasteiger partial charge in [0, 0.05) is 6.54 Å². The molecule has 0 amide bonds. The number of phosphoric acid groups is 1. The van der Waals surface area contributed by atoms with Gasteiger partial charge in [0.05, 0.1) is 26.4 Å². The second-order valence-corrected chi connectivity index (χ2v) is 6.39. The Morgan fingerprint density at radius 3 is 2.22 bits per heavy atom. The fourth-order valence-corrected chi connectivity index (χ4v) is 3.12. The molecule has 0 saturated carbocycles. The normalized spacial score (nSPS) is 17.4. The Hall–Kier alpha value is 0.140. The molecule has 2 atom stereocenters. The summed E-state index contributed by atoms with van der Waals surface area (Å²) in [6.45, 7) is -1.01. The van der Waals surface area contributed by atoms with E-state index >= 15 is 0 Å². The predicted octanol–water partition coefficient (Wildman–Crippen LogP) is -1.41. The standard InChI is InChI=1S/C6H17NO9P2/c7-1-3-15-6(5-14-4-2-8)17(9,10)16-18(11,12)13/h6,8H,1-5,7H2,(H,9,10)(H2,11,12,13). The Morgan fingerprint density at radius 1 is 1.17 bits per heavy atom. The first-order chi connectivity index (χ1) is 8.23. The van der Waals surface area contributed by atoms with E-state index in [1.54, 1.807) is 0 Å². The van der Waals surface area contributed by atoms with Gasteiger partial charge in [-0.05, 0) is 0 Å². The van der Waals surface area contributed by atoms with Gasteiger partial charge in [0.25, 0.3) is 0 Å². The second-order valence-electron chi connectivity index (χ2n) is 3.05. The highest BCUT2D eigenvalue weighted by Gasteiger charge is 2.40. The molecular formula is C6H17NO9P2. The fourth-order valence-electron chi connectivity index (χ4n) is 0.894. The molecule has 0 aromatic rings. The van der Waals surface area contributed by atoms with E-state index in [1.807, 2.05) is 0 Å². The minimum atomic E-state index is -5.14. The van der Waals surface area contributed by atoms with Crippen LogP contribution < -0.4 is 5.73 Å².